The average molecular weight is 317 g/mol. The van der Waals surface area contributed by atoms with Crippen molar-refractivity contribution >= 4 is 47.0 Å². The van der Waals surface area contributed by atoms with Gasteiger partial charge in [0.05, 0.1) is 0 Å². The molecule has 0 radical (unpaired) electrons. The molecule has 3 aliphatic rings. The van der Waals surface area contributed by atoms with Crippen LogP contribution in [0.4, 0.5) is 0 Å². The minimum Gasteiger partial charge on any atom is -0.137 e. The Morgan fingerprint density at radius 3 is 1.33 bits per heavy atom. The van der Waals surface area contributed by atoms with Gasteiger partial charge in [0.1, 0.15) is 8.16 Å². The maximum Gasteiger partial charge on any atom is 0.114 e. The molecule has 2 heterocycles. The van der Waals surface area contributed by atoms with E-state index in [0.717, 1.165) is 0 Å². The summed E-state index contributed by atoms with van der Waals surface area (Å²) in [5.41, 5.74) is 3.25. The Morgan fingerprint density at radius 2 is 1.06 bits per heavy atom. The second-order valence-corrected chi connectivity index (χ2v) is 10.5. The number of allylic oxidation sites excluding steroid dienone is 2. The van der Waals surface area contributed by atoms with Crippen molar-refractivity contribution in [2.75, 3.05) is 23.0 Å². The molecule has 2 saturated heterocycles. The van der Waals surface area contributed by atoms with E-state index < -0.39 is 0 Å². The molecule has 18 heavy (non-hydrogen) atoms. The first-order valence-corrected chi connectivity index (χ1v) is 10.6. The fourth-order valence-corrected chi connectivity index (χ4v) is 11.6. The van der Waals surface area contributed by atoms with E-state index in [1.807, 2.05) is 0 Å². The van der Waals surface area contributed by atoms with E-state index >= 15 is 0 Å². The zero-order valence-corrected chi connectivity index (χ0v) is 14.3. The Labute approximate surface area is 128 Å². The first-order valence-electron chi connectivity index (χ1n) is 6.70. The van der Waals surface area contributed by atoms with Crippen molar-refractivity contribution in [3.05, 3.63) is 23.3 Å². The molecule has 0 amide bonds. The van der Waals surface area contributed by atoms with Gasteiger partial charge in [0.15, 0.2) is 0 Å². The van der Waals surface area contributed by atoms with Gasteiger partial charge in [0.25, 0.3) is 0 Å². The Bertz CT molecular complexity index is 347. The molecule has 100 valence electrons. The molecule has 0 aromatic carbocycles. The Kier molecular flexibility index (Phi) is 4.11. The number of rotatable bonds is 0. The molecular formula is C14H20S4. The van der Waals surface area contributed by atoms with Crippen molar-refractivity contribution < 1.29 is 0 Å². The van der Waals surface area contributed by atoms with Gasteiger partial charge in [-0.3, -0.25) is 0 Å². The van der Waals surface area contributed by atoms with Gasteiger partial charge in [-0.15, -0.1) is 47.0 Å². The van der Waals surface area contributed by atoms with E-state index in [1.54, 1.807) is 11.1 Å². The van der Waals surface area contributed by atoms with Crippen LogP contribution in [0.2, 0.25) is 0 Å². The predicted octanol–water partition coefficient (Wildman–Crippen LogP) is 5.03. The van der Waals surface area contributed by atoms with Crippen molar-refractivity contribution in [2.45, 2.75) is 34.8 Å². The molecule has 0 atom stereocenters. The Balaban J connectivity index is 2.03. The summed E-state index contributed by atoms with van der Waals surface area (Å²) >= 11 is 8.89. The lowest BCUT2D eigenvalue weighted by Crippen LogP contribution is -2.60. The summed E-state index contributed by atoms with van der Waals surface area (Å²) in [6.07, 6.45) is 7.51. The zero-order valence-electron chi connectivity index (χ0n) is 11.0. The third-order valence-electron chi connectivity index (χ3n) is 3.81. The first kappa shape index (κ1) is 13.8. The van der Waals surface area contributed by atoms with Gasteiger partial charge in [-0.25, -0.2) is 0 Å². The van der Waals surface area contributed by atoms with Crippen LogP contribution in [-0.2, 0) is 0 Å². The maximum atomic E-state index is 2.38. The van der Waals surface area contributed by atoms with E-state index in [1.165, 1.54) is 35.9 Å². The predicted molar refractivity (Wildman–Crippen MR) is 92.0 cm³/mol. The van der Waals surface area contributed by atoms with Gasteiger partial charge >= 0.3 is 0 Å². The lowest BCUT2D eigenvalue weighted by Gasteiger charge is -2.63. The van der Waals surface area contributed by atoms with Gasteiger partial charge < -0.3 is 0 Å². The summed E-state index contributed by atoms with van der Waals surface area (Å²) in [7, 11) is 0. The van der Waals surface area contributed by atoms with Crippen LogP contribution in [-0.4, -0.2) is 31.2 Å². The highest BCUT2D eigenvalue weighted by Gasteiger charge is 2.68. The highest BCUT2D eigenvalue weighted by Crippen LogP contribution is 2.76. The molecule has 0 aromatic heterocycles. The lowest BCUT2D eigenvalue weighted by atomic mass is 9.82. The largest absolute Gasteiger partial charge is 0.137 e. The van der Waals surface area contributed by atoms with E-state index in [0.29, 0.717) is 8.16 Å². The lowest BCUT2D eigenvalue weighted by molar-refractivity contribution is 0.738. The van der Waals surface area contributed by atoms with Crippen molar-refractivity contribution in [3.8, 4) is 0 Å². The van der Waals surface area contributed by atoms with Crippen LogP contribution >= 0.6 is 47.0 Å². The molecule has 4 heteroatoms. The molecule has 3 fully saturated rings. The fraction of sp³-hybridized carbons (Fsp3) is 0.714. The summed E-state index contributed by atoms with van der Waals surface area (Å²) in [5.74, 6) is 5.35. The van der Waals surface area contributed by atoms with E-state index in [9.17, 15) is 0 Å². The maximum absolute atomic E-state index is 2.38. The zero-order chi connectivity index (χ0) is 12.6. The van der Waals surface area contributed by atoms with Crippen LogP contribution in [0.25, 0.3) is 0 Å². The van der Waals surface area contributed by atoms with Crippen molar-refractivity contribution in [1.29, 1.82) is 0 Å². The number of thioether (sulfide) groups is 4. The Hall–Kier alpha value is 0.880. The second kappa shape index (κ2) is 5.34. The van der Waals surface area contributed by atoms with E-state index in [2.05, 4.69) is 73.0 Å². The van der Waals surface area contributed by atoms with Crippen LogP contribution in [0.1, 0.15) is 26.7 Å². The summed E-state index contributed by atoms with van der Waals surface area (Å²) in [4.78, 5) is 0. The van der Waals surface area contributed by atoms with Crippen LogP contribution in [0.5, 0.6) is 0 Å². The van der Waals surface area contributed by atoms with Gasteiger partial charge in [-0.05, 0) is 60.8 Å². The molecular weight excluding hydrogens is 296 g/mol. The smallest absolute Gasteiger partial charge is 0.114 e. The van der Waals surface area contributed by atoms with Gasteiger partial charge in [-0.2, -0.15) is 0 Å². The number of hydrogen-bond donors (Lipinski definition) is 0. The molecule has 0 N–H and O–H groups in total. The van der Waals surface area contributed by atoms with Gasteiger partial charge in [-0.1, -0.05) is 12.2 Å². The normalized spacial score (nSPS) is 34.1. The van der Waals surface area contributed by atoms with E-state index in [-0.39, 0.29) is 0 Å². The number of fused-ring (bicyclic) bond motifs is 1. The summed E-state index contributed by atoms with van der Waals surface area (Å²) < 4.78 is 0.717. The first-order chi connectivity index (χ1) is 8.81. The molecule has 1 saturated carbocycles. The molecule has 0 unspecified atom stereocenters. The quantitative estimate of drug-likeness (QED) is 0.614. The van der Waals surface area contributed by atoms with E-state index in [4.69, 9.17) is 0 Å². The molecule has 1 aliphatic carbocycles. The summed E-state index contributed by atoms with van der Waals surface area (Å²) in [6, 6.07) is 0. The topological polar surface area (TPSA) is 0 Å². The minimum atomic E-state index is 0.359. The van der Waals surface area contributed by atoms with Crippen LogP contribution in [0.15, 0.2) is 23.3 Å². The standard InChI is InChI=1S/C14H20S4/c1-3-11-12(4-2)14(17-9-6-10-18-14)13(11)15-7-5-8-16-13/h3-4H,5-10H2,1-2H3/b11-3-,12-4-. The Morgan fingerprint density at radius 1 is 0.722 bits per heavy atom. The van der Waals surface area contributed by atoms with Crippen molar-refractivity contribution in [1.82, 2.24) is 0 Å². The number of hydrogen-bond acceptors (Lipinski definition) is 4. The second-order valence-electron chi connectivity index (χ2n) is 4.74. The summed E-state index contributed by atoms with van der Waals surface area (Å²) in [5, 5.41) is 0. The van der Waals surface area contributed by atoms with Crippen LogP contribution < -0.4 is 0 Å². The third kappa shape index (κ3) is 1.71. The summed E-state index contributed by atoms with van der Waals surface area (Å²) in [6.45, 7) is 4.45. The van der Waals surface area contributed by atoms with Crippen molar-refractivity contribution in [3.63, 3.8) is 0 Å². The molecule has 0 nitrogen and oxygen atoms in total. The minimum absolute atomic E-state index is 0.359. The monoisotopic (exact) mass is 316 g/mol. The molecule has 0 aromatic rings. The SMILES string of the molecule is C/C=C1/C(=C/C)C2(SCCCS2)C12SCCCS2. The molecule has 2 spiro atoms. The molecule has 3 rings (SSSR count). The molecule has 0 bridgehead atoms. The fourth-order valence-electron chi connectivity index (χ4n) is 3.09. The van der Waals surface area contributed by atoms with Gasteiger partial charge in [0.2, 0.25) is 0 Å². The van der Waals surface area contributed by atoms with Crippen LogP contribution in [0, 0.1) is 0 Å². The highest BCUT2D eigenvalue weighted by atomic mass is 32.2. The van der Waals surface area contributed by atoms with Gasteiger partial charge in [0, 0.05) is 0 Å². The average Bonchev–Trinajstić information content (AvgIpc) is 2.45. The third-order valence-corrected chi connectivity index (χ3v) is 11.4. The van der Waals surface area contributed by atoms with Crippen LogP contribution in [0.3, 0.4) is 0 Å². The van der Waals surface area contributed by atoms with Crippen molar-refractivity contribution in [2.24, 2.45) is 0 Å². The highest BCUT2D eigenvalue weighted by molar-refractivity contribution is 8.26. The molecule has 2 aliphatic heterocycles.